The molecule has 1 aromatic heterocycles. The maximum atomic E-state index is 13.0. The Morgan fingerprint density at radius 3 is 3.00 bits per heavy atom. The summed E-state index contributed by atoms with van der Waals surface area (Å²) in [6.45, 7) is 3.84. The minimum Gasteiger partial charge on any atom is -0.310 e. The Balaban J connectivity index is 2.09. The van der Waals surface area contributed by atoms with Crippen molar-refractivity contribution < 1.29 is 14.0 Å². The van der Waals surface area contributed by atoms with E-state index < -0.39 is 5.95 Å². The summed E-state index contributed by atoms with van der Waals surface area (Å²) in [6.07, 6.45) is 1.82. The van der Waals surface area contributed by atoms with E-state index >= 15 is 0 Å². The first-order valence-corrected chi connectivity index (χ1v) is 7.02. The number of halogens is 1. The number of anilines is 1. The number of carbonyl (C=O) groups is 2. The normalized spacial score (nSPS) is 19.0. The molecule has 1 aliphatic heterocycles. The molecule has 1 aromatic rings. The number of nitrogens with zero attached hydrogens (tertiary/aromatic N) is 2. The van der Waals surface area contributed by atoms with E-state index in [0.29, 0.717) is 30.0 Å². The van der Waals surface area contributed by atoms with Crippen molar-refractivity contribution in [1.29, 1.82) is 0 Å². The van der Waals surface area contributed by atoms with Crippen LogP contribution >= 0.6 is 11.8 Å². The molecule has 1 aliphatic rings. The third-order valence-corrected chi connectivity index (χ3v) is 4.11. The van der Waals surface area contributed by atoms with Gasteiger partial charge in [-0.05, 0) is 24.5 Å². The topological polar surface area (TPSA) is 50.3 Å². The molecule has 1 saturated heterocycles. The summed E-state index contributed by atoms with van der Waals surface area (Å²) in [7, 11) is 0. The Labute approximate surface area is 115 Å². The molecular weight excluding hydrogens is 267 g/mol. The van der Waals surface area contributed by atoms with Crippen molar-refractivity contribution in [3.05, 3.63) is 23.8 Å². The van der Waals surface area contributed by atoms with Crippen LogP contribution in [0.3, 0.4) is 0 Å². The second kappa shape index (κ2) is 5.69. The maximum Gasteiger partial charge on any atom is 0.227 e. The predicted molar refractivity (Wildman–Crippen MR) is 72.5 cm³/mol. The molecule has 0 aromatic carbocycles. The largest absolute Gasteiger partial charge is 0.310 e. The van der Waals surface area contributed by atoms with Gasteiger partial charge in [-0.1, -0.05) is 11.8 Å². The molecule has 102 valence electrons. The van der Waals surface area contributed by atoms with Crippen LogP contribution in [0, 0.1) is 18.8 Å². The summed E-state index contributed by atoms with van der Waals surface area (Å²) in [5, 5.41) is 0.0607. The van der Waals surface area contributed by atoms with E-state index in [1.807, 2.05) is 0 Å². The fourth-order valence-corrected chi connectivity index (χ4v) is 2.85. The first kappa shape index (κ1) is 14.0. The lowest BCUT2D eigenvalue weighted by molar-refractivity contribution is -0.117. The van der Waals surface area contributed by atoms with E-state index in [0.717, 1.165) is 0 Å². The fourth-order valence-electron chi connectivity index (χ4n) is 2.16. The zero-order valence-electron chi connectivity index (χ0n) is 10.9. The Kier molecular flexibility index (Phi) is 4.19. The van der Waals surface area contributed by atoms with Gasteiger partial charge in [0.15, 0.2) is 5.12 Å². The molecular formula is C13H15FN2O2S. The van der Waals surface area contributed by atoms with E-state index in [2.05, 4.69) is 4.98 Å². The van der Waals surface area contributed by atoms with E-state index in [4.69, 9.17) is 0 Å². The maximum absolute atomic E-state index is 13.0. The first-order valence-electron chi connectivity index (χ1n) is 6.03. The molecule has 0 aliphatic carbocycles. The highest BCUT2D eigenvalue weighted by atomic mass is 32.2. The van der Waals surface area contributed by atoms with Crippen LogP contribution in [0.2, 0.25) is 0 Å². The molecule has 0 N–H and O–H groups in total. The molecule has 0 radical (unpaired) electrons. The van der Waals surface area contributed by atoms with E-state index in [9.17, 15) is 14.0 Å². The van der Waals surface area contributed by atoms with Gasteiger partial charge in [0.1, 0.15) is 0 Å². The Morgan fingerprint density at radius 2 is 2.37 bits per heavy atom. The van der Waals surface area contributed by atoms with E-state index in [1.54, 1.807) is 11.8 Å². The van der Waals surface area contributed by atoms with Crippen molar-refractivity contribution in [1.82, 2.24) is 4.98 Å². The lowest BCUT2D eigenvalue weighted by Gasteiger charge is -2.18. The molecule has 2 rings (SSSR count). The third-order valence-electron chi connectivity index (χ3n) is 3.07. The molecule has 1 amide bonds. The van der Waals surface area contributed by atoms with Crippen LogP contribution < -0.4 is 4.90 Å². The van der Waals surface area contributed by atoms with Crippen molar-refractivity contribution in [2.45, 2.75) is 20.3 Å². The molecule has 0 spiro atoms. The Bertz CT molecular complexity index is 521. The second-order valence-corrected chi connectivity index (χ2v) is 5.87. The smallest absolute Gasteiger partial charge is 0.227 e. The summed E-state index contributed by atoms with van der Waals surface area (Å²) in [5.41, 5.74) is 1.35. The predicted octanol–water partition coefficient (Wildman–Crippen LogP) is 2.16. The van der Waals surface area contributed by atoms with Gasteiger partial charge < -0.3 is 4.90 Å². The van der Waals surface area contributed by atoms with Crippen molar-refractivity contribution >= 4 is 28.5 Å². The van der Waals surface area contributed by atoms with Gasteiger partial charge in [0.2, 0.25) is 11.9 Å². The van der Waals surface area contributed by atoms with Gasteiger partial charge in [-0.3, -0.25) is 9.59 Å². The van der Waals surface area contributed by atoms with Crippen molar-refractivity contribution in [2.75, 3.05) is 17.2 Å². The van der Waals surface area contributed by atoms with Gasteiger partial charge in [0, 0.05) is 25.6 Å². The average molecular weight is 282 g/mol. The number of aryl methyl sites for hydroxylation is 1. The van der Waals surface area contributed by atoms with Crippen molar-refractivity contribution in [3.8, 4) is 0 Å². The summed E-state index contributed by atoms with van der Waals surface area (Å²) in [5.74, 6) is 0.263. The van der Waals surface area contributed by atoms with Crippen LogP contribution in [0.25, 0.3) is 0 Å². The monoisotopic (exact) mass is 282 g/mol. The van der Waals surface area contributed by atoms with E-state index in [1.165, 1.54) is 30.9 Å². The van der Waals surface area contributed by atoms with Gasteiger partial charge >= 0.3 is 0 Å². The van der Waals surface area contributed by atoms with E-state index in [-0.39, 0.29) is 16.9 Å². The molecule has 19 heavy (non-hydrogen) atoms. The molecule has 6 heteroatoms. The summed E-state index contributed by atoms with van der Waals surface area (Å²) >= 11 is 1.24. The Morgan fingerprint density at radius 1 is 1.63 bits per heavy atom. The molecule has 4 nitrogen and oxygen atoms in total. The molecule has 1 atom stereocenters. The van der Waals surface area contributed by atoms with Gasteiger partial charge in [-0.15, -0.1) is 0 Å². The highest BCUT2D eigenvalue weighted by Crippen LogP contribution is 2.29. The highest BCUT2D eigenvalue weighted by molar-refractivity contribution is 8.13. The zero-order valence-corrected chi connectivity index (χ0v) is 11.7. The number of aromatic nitrogens is 1. The Hall–Kier alpha value is -1.43. The number of pyridine rings is 1. The van der Waals surface area contributed by atoms with Gasteiger partial charge in [0.05, 0.1) is 11.9 Å². The molecule has 1 fully saturated rings. The minimum atomic E-state index is -0.545. The number of carbonyl (C=O) groups excluding carboxylic acids is 2. The molecule has 0 saturated carbocycles. The van der Waals surface area contributed by atoms with Gasteiger partial charge in [-0.25, -0.2) is 4.98 Å². The second-order valence-electron chi connectivity index (χ2n) is 4.67. The lowest BCUT2D eigenvalue weighted by atomic mass is 10.1. The minimum absolute atomic E-state index is 0.00524. The third kappa shape index (κ3) is 3.32. The summed E-state index contributed by atoms with van der Waals surface area (Å²) in [6, 6.07) is 1.32. The van der Waals surface area contributed by atoms with Crippen LogP contribution in [-0.2, 0) is 9.59 Å². The number of rotatable bonds is 3. The lowest BCUT2D eigenvalue weighted by Crippen LogP contribution is -2.25. The quantitative estimate of drug-likeness (QED) is 0.797. The SMILES string of the molecule is CC(=O)SCC1CC(=O)N(c2cnc(F)cc2C)C1. The average Bonchev–Trinajstić information content (AvgIpc) is 2.68. The van der Waals surface area contributed by atoms with Crippen LogP contribution in [0.15, 0.2) is 12.3 Å². The summed E-state index contributed by atoms with van der Waals surface area (Å²) < 4.78 is 13.0. The summed E-state index contributed by atoms with van der Waals surface area (Å²) in [4.78, 5) is 28.1. The standard InChI is InChI=1S/C13H15FN2O2S/c1-8-3-12(14)15-5-11(8)16-6-10(4-13(16)18)7-19-9(2)17/h3,5,10H,4,6-7H2,1-2H3. The van der Waals surface area contributed by atoms with Crippen molar-refractivity contribution in [3.63, 3.8) is 0 Å². The fraction of sp³-hybridized carbons (Fsp3) is 0.462. The number of thioether (sulfide) groups is 1. The molecule has 1 unspecified atom stereocenters. The van der Waals surface area contributed by atoms with Crippen LogP contribution in [-0.4, -0.2) is 28.3 Å². The number of amides is 1. The van der Waals surface area contributed by atoms with Crippen LogP contribution in [0.5, 0.6) is 0 Å². The number of hydrogen-bond donors (Lipinski definition) is 0. The zero-order chi connectivity index (χ0) is 14.0. The first-order chi connectivity index (χ1) is 8.97. The highest BCUT2D eigenvalue weighted by Gasteiger charge is 2.31. The van der Waals surface area contributed by atoms with Crippen LogP contribution in [0.1, 0.15) is 18.9 Å². The van der Waals surface area contributed by atoms with Gasteiger partial charge in [0.25, 0.3) is 0 Å². The number of hydrogen-bond acceptors (Lipinski definition) is 4. The van der Waals surface area contributed by atoms with Gasteiger partial charge in [-0.2, -0.15) is 4.39 Å². The van der Waals surface area contributed by atoms with Crippen LogP contribution in [0.4, 0.5) is 10.1 Å². The van der Waals surface area contributed by atoms with Crippen molar-refractivity contribution in [2.24, 2.45) is 5.92 Å². The molecule has 0 bridgehead atoms. The molecule has 2 heterocycles.